The molecule has 9 heteroatoms. The number of carbonyl (C=O) groups is 2. The molecule has 0 bridgehead atoms. The monoisotopic (exact) mass is 449 g/mol. The van der Waals surface area contributed by atoms with Crippen molar-refractivity contribution in [1.82, 2.24) is 30.5 Å². The summed E-state index contributed by atoms with van der Waals surface area (Å²) in [6.07, 6.45) is 12.1. The second kappa shape index (κ2) is 6.88. The fourth-order valence-electron chi connectivity index (χ4n) is 5.18. The molecule has 3 aliphatic rings. The Labute approximate surface area is 193 Å². The van der Waals surface area contributed by atoms with Gasteiger partial charge in [0.05, 0.1) is 23.6 Å². The molecule has 2 unspecified atom stereocenters. The third-order valence-corrected chi connectivity index (χ3v) is 7.01. The highest BCUT2D eigenvalue weighted by Crippen LogP contribution is 2.48. The number of aromatic nitrogens is 3. The van der Waals surface area contributed by atoms with Gasteiger partial charge >= 0.3 is 0 Å². The van der Waals surface area contributed by atoms with Gasteiger partial charge < -0.3 is 4.98 Å². The van der Waals surface area contributed by atoms with Gasteiger partial charge in [0.2, 0.25) is 5.91 Å². The highest BCUT2D eigenvalue weighted by Gasteiger charge is 2.35. The van der Waals surface area contributed by atoms with Gasteiger partial charge in [-0.3, -0.25) is 18.7 Å². The van der Waals surface area contributed by atoms with Crippen LogP contribution >= 0.6 is 0 Å². The molecule has 4 heterocycles. The molecular weight excluding hydrogens is 430 g/mol. The lowest BCUT2D eigenvalue weighted by atomic mass is 9.88. The van der Waals surface area contributed by atoms with E-state index in [-0.39, 0.29) is 29.8 Å². The van der Waals surface area contributed by atoms with Gasteiger partial charge in [-0.1, -0.05) is 12.2 Å². The Kier molecular flexibility index (Phi) is 3.90. The first-order chi connectivity index (χ1) is 16.6. The zero-order chi connectivity index (χ0) is 23.0. The van der Waals surface area contributed by atoms with Crippen LogP contribution < -0.4 is 16.4 Å². The van der Waals surface area contributed by atoms with Gasteiger partial charge in [0, 0.05) is 64.0 Å². The van der Waals surface area contributed by atoms with Crippen molar-refractivity contribution in [3.8, 4) is 28.3 Å². The standard InChI is InChI=1S/C25H19N7O2/c26-8-13-1-3-20-15(5-13)7-23(27-20)25(34)32-11-18-16-9-31(10-17(16)19(18)12-32)24(33)14-2-4-21-22(6-14)29-30-28-21/h1-5,7,9-12,14,21-22,27-30H,6H2/t14?,21?,22-/m1/s1. The quantitative estimate of drug-likeness (QED) is 0.308. The molecule has 4 N–H and O–H groups in total. The Morgan fingerprint density at radius 3 is 2.41 bits per heavy atom. The first kappa shape index (κ1) is 19.3. The normalized spacial score (nSPS) is 22.0. The number of hydrogen-bond acceptors (Lipinski definition) is 6. The van der Waals surface area contributed by atoms with Crippen molar-refractivity contribution in [1.29, 1.82) is 5.26 Å². The van der Waals surface area contributed by atoms with Gasteiger partial charge in [0.25, 0.3) is 5.91 Å². The average molecular weight is 449 g/mol. The maximum Gasteiger partial charge on any atom is 0.278 e. The topological polar surface area (TPSA) is 120 Å². The number of nitrogens with zero attached hydrogens (tertiary/aromatic N) is 3. The summed E-state index contributed by atoms with van der Waals surface area (Å²) in [5, 5.41) is 9.92. The summed E-state index contributed by atoms with van der Waals surface area (Å²) in [5.41, 5.74) is 14.9. The van der Waals surface area contributed by atoms with Crippen LogP contribution in [-0.2, 0) is 0 Å². The minimum absolute atomic E-state index is 0.0415. The van der Waals surface area contributed by atoms with Gasteiger partial charge in [0.1, 0.15) is 5.69 Å². The maximum absolute atomic E-state index is 13.1. The summed E-state index contributed by atoms with van der Waals surface area (Å²) in [6, 6.07) is 9.54. The van der Waals surface area contributed by atoms with Crippen molar-refractivity contribution in [3.05, 3.63) is 72.5 Å². The second-order valence-corrected chi connectivity index (χ2v) is 9.00. The number of carbonyl (C=O) groups excluding carboxylic acids is 2. The van der Waals surface area contributed by atoms with Crippen LogP contribution in [0.4, 0.5) is 0 Å². The smallest absolute Gasteiger partial charge is 0.278 e. The Bertz CT molecular complexity index is 1560. The molecule has 1 fully saturated rings. The molecule has 1 saturated heterocycles. The number of nitriles is 1. The summed E-state index contributed by atoms with van der Waals surface area (Å²) in [4.78, 5) is 29.3. The maximum atomic E-state index is 13.1. The molecule has 4 aromatic rings. The van der Waals surface area contributed by atoms with Crippen LogP contribution in [-0.4, -0.2) is 38.0 Å². The Morgan fingerprint density at radius 2 is 1.68 bits per heavy atom. The number of H-pyrrole nitrogens is 1. The predicted octanol–water partition coefficient (Wildman–Crippen LogP) is 2.54. The zero-order valence-electron chi connectivity index (χ0n) is 17.9. The molecule has 1 aromatic carbocycles. The molecule has 0 amide bonds. The minimum atomic E-state index is -0.189. The predicted molar refractivity (Wildman–Crippen MR) is 124 cm³/mol. The lowest BCUT2D eigenvalue weighted by molar-refractivity contribution is 0.0846. The van der Waals surface area contributed by atoms with Crippen LogP contribution in [0.5, 0.6) is 0 Å². The third-order valence-electron chi connectivity index (χ3n) is 7.01. The summed E-state index contributed by atoms with van der Waals surface area (Å²) < 4.78 is 3.25. The molecule has 2 aliphatic carbocycles. The number of benzene rings is 1. The van der Waals surface area contributed by atoms with Gasteiger partial charge in [0.15, 0.2) is 0 Å². The molecule has 0 spiro atoms. The summed E-state index contributed by atoms with van der Waals surface area (Å²) >= 11 is 0. The molecule has 0 radical (unpaired) electrons. The first-order valence-corrected chi connectivity index (χ1v) is 11.1. The first-order valence-electron chi connectivity index (χ1n) is 11.1. The number of allylic oxidation sites excluding steroid dienone is 1. The molecule has 3 aromatic heterocycles. The van der Waals surface area contributed by atoms with E-state index in [9.17, 15) is 9.59 Å². The lowest BCUT2D eigenvalue weighted by Gasteiger charge is -2.24. The van der Waals surface area contributed by atoms with Crippen LogP contribution in [0.15, 0.2) is 61.2 Å². The second-order valence-electron chi connectivity index (χ2n) is 9.00. The van der Waals surface area contributed by atoms with Crippen molar-refractivity contribution >= 4 is 22.7 Å². The van der Waals surface area contributed by atoms with Crippen molar-refractivity contribution in [3.63, 3.8) is 0 Å². The highest BCUT2D eigenvalue weighted by molar-refractivity contribution is 6.07. The van der Waals surface area contributed by atoms with E-state index in [1.165, 1.54) is 0 Å². The Balaban J connectivity index is 1.13. The van der Waals surface area contributed by atoms with E-state index in [0.29, 0.717) is 11.3 Å². The fourth-order valence-corrected chi connectivity index (χ4v) is 5.18. The molecule has 1 aliphatic heterocycles. The van der Waals surface area contributed by atoms with Crippen molar-refractivity contribution in [2.75, 3.05) is 0 Å². The number of nitrogens with one attached hydrogen (secondary N) is 4. The number of hydrazine groups is 2. The Morgan fingerprint density at radius 1 is 0.941 bits per heavy atom. The molecule has 0 saturated carbocycles. The van der Waals surface area contributed by atoms with Crippen LogP contribution in [0, 0.1) is 17.2 Å². The van der Waals surface area contributed by atoms with Gasteiger partial charge in [-0.2, -0.15) is 10.8 Å². The molecule has 34 heavy (non-hydrogen) atoms. The van der Waals surface area contributed by atoms with Gasteiger partial charge in [-0.05, 0) is 30.7 Å². The molecule has 166 valence electrons. The number of hydrogen-bond donors (Lipinski definition) is 4. The van der Waals surface area contributed by atoms with E-state index in [1.54, 1.807) is 33.4 Å². The number of aromatic amines is 1. The average Bonchev–Trinajstić information content (AvgIpc) is 3.63. The summed E-state index contributed by atoms with van der Waals surface area (Å²) in [7, 11) is 0. The van der Waals surface area contributed by atoms with Crippen molar-refractivity contribution in [2.45, 2.75) is 18.5 Å². The molecule has 3 atom stereocenters. The van der Waals surface area contributed by atoms with Crippen molar-refractivity contribution < 1.29 is 9.59 Å². The third kappa shape index (κ3) is 2.71. The lowest BCUT2D eigenvalue weighted by Crippen LogP contribution is -2.39. The van der Waals surface area contributed by atoms with Crippen LogP contribution in [0.25, 0.3) is 33.2 Å². The van der Waals surface area contributed by atoms with E-state index >= 15 is 0 Å². The summed E-state index contributed by atoms with van der Waals surface area (Å²) in [6.45, 7) is 0. The SMILES string of the molecule is N#Cc1ccc2[nH]c(C(=O)n3cc4c(c3)-c3cn(C(=O)C5C=CC6NNN[C@@H]6C5)cc3-4)cc2c1. The van der Waals surface area contributed by atoms with Crippen LogP contribution in [0.3, 0.4) is 0 Å². The van der Waals surface area contributed by atoms with E-state index in [1.807, 2.05) is 36.9 Å². The largest absolute Gasteiger partial charge is 0.351 e. The van der Waals surface area contributed by atoms with Gasteiger partial charge in [-0.15, -0.1) is 0 Å². The van der Waals surface area contributed by atoms with Crippen molar-refractivity contribution in [2.24, 2.45) is 5.92 Å². The minimum Gasteiger partial charge on any atom is -0.351 e. The highest BCUT2D eigenvalue weighted by atomic mass is 16.2. The van der Waals surface area contributed by atoms with Crippen LogP contribution in [0.1, 0.15) is 27.3 Å². The van der Waals surface area contributed by atoms with E-state index < -0.39 is 0 Å². The summed E-state index contributed by atoms with van der Waals surface area (Å²) in [5.74, 6) is -0.324. The zero-order valence-corrected chi connectivity index (χ0v) is 17.9. The van der Waals surface area contributed by atoms with Gasteiger partial charge in [-0.25, -0.2) is 10.9 Å². The molecule has 9 nitrogen and oxygen atoms in total. The van der Waals surface area contributed by atoms with E-state index in [4.69, 9.17) is 5.26 Å². The fraction of sp³-hybridized carbons (Fsp3) is 0.160. The van der Waals surface area contributed by atoms with Crippen LogP contribution in [0.2, 0.25) is 0 Å². The molecule has 7 rings (SSSR count). The number of fused-ring (bicyclic) bond motifs is 6. The number of rotatable bonds is 2. The Hall–Kier alpha value is -4.23. The van der Waals surface area contributed by atoms with E-state index in [0.717, 1.165) is 39.6 Å². The molecular formula is C25H19N7O2. The van der Waals surface area contributed by atoms with E-state index in [2.05, 4.69) is 27.4 Å².